The molecule has 0 spiro atoms. The van der Waals surface area contributed by atoms with Crippen molar-refractivity contribution in [1.82, 2.24) is 4.90 Å². The Hall–Kier alpha value is -2.66. The Labute approximate surface area is 184 Å². The Kier molecular flexibility index (Phi) is 5.30. The second-order valence-electron chi connectivity index (χ2n) is 9.35. The van der Waals surface area contributed by atoms with E-state index in [4.69, 9.17) is 5.73 Å². The molecule has 1 aliphatic heterocycles. The van der Waals surface area contributed by atoms with Gasteiger partial charge in [-0.3, -0.25) is 19.4 Å². The number of rotatable bonds is 5. The number of aryl methyl sites for hydroxylation is 1. The molecule has 0 unspecified atom stereocenters. The fraction of sp³-hybridized carbons (Fsp3) is 0.462. The minimum absolute atomic E-state index is 0.400. The highest BCUT2D eigenvalue weighted by Crippen LogP contribution is 2.47. The molecule has 3 aliphatic rings. The lowest BCUT2D eigenvalue weighted by Crippen LogP contribution is -2.62. The van der Waals surface area contributed by atoms with Gasteiger partial charge >= 0.3 is 0 Å². The van der Waals surface area contributed by atoms with E-state index in [0.717, 1.165) is 25.2 Å². The molecule has 0 aromatic heterocycles. The summed E-state index contributed by atoms with van der Waals surface area (Å²) in [5.74, 6) is 0.304. The van der Waals surface area contributed by atoms with E-state index in [1.807, 2.05) is 30.3 Å². The van der Waals surface area contributed by atoms with Gasteiger partial charge in [0, 0.05) is 24.8 Å². The van der Waals surface area contributed by atoms with Crippen LogP contribution in [0.2, 0.25) is 0 Å². The molecule has 2 amide bonds. The molecule has 162 valence electrons. The SMILES string of the molecule is NC(=O)C1(N(C=O)c2ccccc2)CCN([C@@H]2CC[C@H]3CCCc4cccc2c43)CC1. The first-order chi connectivity index (χ1) is 15.1. The molecule has 5 nitrogen and oxygen atoms in total. The van der Waals surface area contributed by atoms with Crippen molar-refractivity contribution in [3.63, 3.8) is 0 Å². The van der Waals surface area contributed by atoms with Crippen LogP contribution in [0.15, 0.2) is 48.5 Å². The third-order valence-electron chi connectivity index (χ3n) is 7.91. The third kappa shape index (κ3) is 3.35. The summed E-state index contributed by atoms with van der Waals surface area (Å²) in [7, 11) is 0. The Morgan fingerprint density at radius 1 is 1.03 bits per heavy atom. The second-order valence-corrected chi connectivity index (χ2v) is 9.35. The van der Waals surface area contributed by atoms with Gasteiger partial charge in [0.25, 0.3) is 0 Å². The van der Waals surface area contributed by atoms with Crippen LogP contribution in [0.3, 0.4) is 0 Å². The molecule has 2 aromatic rings. The largest absolute Gasteiger partial charge is 0.368 e. The van der Waals surface area contributed by atoms with Gasteiger partial charge in [0.15, 0.2) is 0 Å². The maximum Gasteiger partial charge on any atom is 0.243 e. The molecule has 1 fully saturated rings. The fourth-order valence-electron chi connectivity index (χ4n) is 6.31. The Balaban J connectivity index is 1.40. The molecule has 5 rings (SSSR count). The van der Waals surface area contributed by atoms with Crippen LogP contribution in [-0.4, -0.2) is 35.8 Å². The van der Waals surface area contributed by atoms with Gasteiger partial charge in [0.2, 0.25) is 12.3 Å². The summed E-state index contributed by atoms with van der Waals surface area (Å²) in [6.45, 7) is 1.53. The van der Waals surface area contributed by atoms with Gasteiger partial charge in [-0.05, 0) is 79.7 Å². The lowest BCUT2D eigenvalue weighted by Gasteiger charge is -2.48. The van der Waals surface area contributed by atoms with Gasteiger partial charge in [-0.15, -0.1) is 0 Å². The van der Waals surface area contributed by atoms with Crippen LogP contribution in [0.1, 0.15) is 67.2 Å². The van der Waals surface area contributed by atoms with Crippen LogP contribution >= 0.6 is 0 Å². The first kappa shape index (κ1) is 20.3. The summed E-state index contributed by atoms with van der Waals surface area (Å²) >= 11 is 0. The number of para-hydroxylation sites is 1. The smallest absolute Gasteiger partial charge is 0.243 e. The third-order valence-corrected chi connectivity index (χ3v) is 7.91. The first-order valence-electron chi connectivity index (χ1n) is 11.6. The number of piperidine rings is 1. The molecule has 0 bridgehead atoms. The number of hydrogen-bond donors (Lipinski definition) is 1. The number of primary amides is 1. The van der Waals surface area contributed by atoms with Crippen molar-refractivity contribution in [3.8, 4) is 0 Å². The van der Waals surface area contributed by atoms with Crippen molar-refractivity contribution in [2.45, 2.75) is 62.4 Å². The van der Waals surface area contributed by atoms with E-state index in [0.29, 0.717) is 24.8 Å². The standard InChI is InChI=1S/C26H31N3O2/c27-25(31)26(29(18-30)21-9-2-1-3-10-21)14-16-28(17-15-26)23-13-12-20-7-4-6-19-8-5-11-22(23)24(19)20/h1-3,5,8-11,18,20,23H,4,6-7,12-17H2,(H2,27,31)/t20-,23-/m1/s1. The number of nitrogens with zero attached hydrogens (tertiary/aromatic N) is 2. The quantitative estimate of drug-likeness (QED) is 0.750. The summed E-state index contributed by atoms with van der Waals surface area (Å²) in [4.78, 5) is 28.8. The number of hydrogen-bond acceptors (Lipinski definition) is 3. The molecule has 2 atom stereocenters. The molecule has 1 heterocycles. The Morgan fingerprint density at radius 2 is 1.81 bits per heavy atom. The van der Waals surface area contributed by atoms with Gasteiger partial charge in [-0.1, -0.05) is 36.4 Å². The predicted octanol–water partition coefficient (Wildman–Crippen LogP) is 3.92. The van der Waals surface area contributed by atoms with Crippen molar-refractivity contribution < 1.29 is 9.59 Å². The highest BCUT2D eigenvalue weighted by Gasteiger charge is 2.47. The summed E-state index contributed by atoms with van der Waals surface area (Å²) in [6, 6.07) is 16.6. The summed E-state index contributed by atoms with van der Waals surface area (Å²) < 4.78 is 0. The van der Waals surface area contributed by atoms with E-state index in [-0.39, 0.29) is 0 Å². The van der Waals surface area contributed by atoms with Crippen LogP contribution < -0.4 is 10.6 Å². The topological polar surface area (TPSA) is 66.6 Å². The van der Waals surface area contributed by atoms with Crippen LogP contribution in [0, 0.1) is 0 Å². The first-order valence-corrected chi connectivity index (χ1v) is 11.6. The molecule has 1 saturated heterocycles. The van der Waals surface area contributed by atoms with Crippen molar-refractivity contribution >= 4 is 18.0 Å². The monoisotopic (exact) mass is 417 g/mol. The van der Waals surface area contributed by atoms with Gasteiger partial charge in [-0.2, -0.15) is 0 Å². The van der Waals surface area contributed by atoms with Crippen molar-refractivity contribution in [1.29, 1.82) is 0 Å². The summed E-state index contributed by atoms with van der Waals surface area (Å²) in [6.07, 6.45) is 8.12. The normalized spacial score (nSPS) is 24.8. The number of carbonyl (C=O) groups is 2. The maximum absolute atomic E-state index is 12.7. The van der Waals surface area contributed by atoms with Gasteiger partial charge < -0.3 is 5.73 Å². The molecule has 2 N–H and O–H groups in total. The molecule has 2 aliphatic carbocycles. The summed E-state index contributed by atoms with van der Waals surface area (Å²) in [5, 5.41) is 0. The zero-order valence-corrected chi connectivity index (χ0v) is 18.0. The molecule has 0 radical (unpaired) electrons. The number of carbonyl (C=O) groups excluding carboxylic acids is 2. The molecule has 0 saturated carbocycles. The molecular formula is C26H31N3O2. The van der Waals surface area contributed by atoms with Gasteiger partial charge in [0.05, 0.1) is 0 Å². The average Bonchev–Trinajstić information content (AvgIpc) is 2.81. The van der Waals surface area contributed by atoms with Crippen LogP contribution in [0.5, 0.6) is 0 Å². The zero-order chi connectivity index (χ0) is 21.4. The van der Waals surface area contributed by atoms with Crippen molar-refractivity contribution in [2.75, 3.05) is 18.0 Å². The van der Waals surface area contributed by atoms with Gasteiger partial charge in [0.1, 0.15) is 5.54 Å². The number of likely N-dealkylation sites (tertiary alicyclic amines) is 1. The lowest BCUT2D eigenvalue weighted by molar-refractivity contribution is -0.127. The predicted molar refractivity (Wildman–Crippen MR) is 122 cm³/mol. The fourth-order valence-corrected chi connectivity index (χ4v) is 6.31. The van der Waals surface area contributed by atoms with E-state index >= 15 is 0 Å². The number of benzene rings is 2. The minimum atomic E-state index is -0.965. The number of anilines is 1. The van der Waals surface area contributed by atoms with Crippen LogP contribution in [-0.2, 0) is 16.0 Å². The van der Waals surface area contributed by atoms with E-state index in [1.54, 1.807) is 10.5 Å². The van der Waals surface area contributed by atoms with Crippen molar-refractivity contribution in [3.05, 3.63) is 65.2 Å². The van der Waals surface area contributed by atoms with Crippen LogP contribution in [0.4, 0.5) is 5.69 Å². The Morgan fingerprint density at radius 3 is 2.52 bits per heavy atom. The van der Waals surface area contributed by atoms with E-state index in [9.17, 15) is 9.59 Å². The van der Waals surface area contributed by atoms with Gasteiger partial charge in [-0.25, -0.2) is 0 Å². The lowest BCUT2D eigenvalue weighted by atomic mass is 9.71. The molecule has 2 aromatic carbocycles. The minimum Gasteiger partial charge on any atom is -0.368 e. The molecule has 31 heavy (non-hydrogen) atoms. The summed E-state index contributed by atoms with van der Waals surface area (Å²) in [5.41, 5.74) is 10.3. The van der Waals surface area contributed by atoms with Crippen molar-refractivity contribution in [2.24, 2.45) is 5.73 Å². The van der Waals surface area contributed by atoms with E-state index in [2.05, 4.69) is 23.1 Å². The second kappa shape index (κ2) is 8.12. The maximum atomic E-state index is 12.7. The van der Waals surface area contributed by atoms with E-state index in [1.165, 1.54) is 43.2 Å². The molecular weight excluding hydrogens is 386 g/mol. The number of amides is 2. The zero-order valence-electron chi connectivity index (χ0n) is 18.0. The highest BCUT2D eigenvalue weighted by atomic mass is 16.2. The van der Waals surface area contributed by atoms with Crippen LogP contribution in [0.25, 0.3) is 0 Å². The van der Waals surface area contributed by atoms with E-state index < -0.39 is 11.4 Å². The molecule has 5 heteroatoms. The Bertz CT molecular complexity index is 966. The number of nitrogens with two attached hydrogens (primary N) is 1. The highest BCUT2D eigenvalue weighted by molar-refractivity contribution is 5.95. The average molecular weight is 418 g/mol.